The van der Waals surface area contributed by atoms with E-state index in [1.165, 1.54) is 30.0 Å². The van der Waals surface area contributed by atoms with Crippen molar-refractivity contribution in [1.29, 1.82) is 0 Å². The lowest BCUT2D eigenvalue weighted by Gasteiger charge is -2.28. The highest BCUT2D eigenvalue weighted by Crippen LogP contribution is 2.29. The van der Waals surface area contributed by atoms with E-state index < -0.39 is 23.7 Å². The highest BCUT2D eigenvalue weighted by atomic mass is 79.9. The van der Waals surface area contributed by atoms with Gasteiger partial charge in [-0.25, -0.2) is 4.98 Å². The number of ether oxygens (including phenoxy) is 1. The molecule has 0 saturated carbocycles. The summed E-state index contributed by atoms with van der Waals surface area (Å²) in [6.07, 6.45) is 3.84. The zero-order valence-electron chi connectivity index (χ0n) is 15.1. The SMILES string of the molecule is CC(O)C(CO)OC(Sc1cncc(Br)c1)C(O)CN/C=C(\N)c1nccs1. The van der Waals surface area contributed by atoms with E-state index in [-0.39, 0.29) is 13.2 Å². The Morgan fingerprint density at radius 2 is 2.25 bits per heavy atom. The summed E-state index contributed by atoms with van der Waals surface area (Å²) in [6, 6.07) is 1.84. The van der Waals surface area contributed by atoms with Gasteiger partial charge in [0.25, 0.3) is 0 Å². The number of rotatable bonds is 11. The van der Waals surface area contributed by atoms with Crippen molar-refractivity contribution in [3.63, 3.8) is 0 Å². The van der Waals surface area contributed by atoms with E-state index in [0.717, 1.165) is 9.37 Å². The van der Waals surface area contributed by atoms with Crippen LogP contribution in [0.1, 0.15) is 11.9 Å². The van der Waals surface area contributed by atoms with Gasteiger partial charge in [0.15, 0.2) is 0 Å². The number of thioether (sulfide) groups is 1. The normalized spacial score (nSPS) is 16.4. The Morgan fingerprint density at radius 1 is 1.46 bits per heavy atom. The van der Waals surface area contributed by atoms with Crippen molar-refractivity contribution in [1.82, 2.24) is 15.3 Å². The fourth-order valence-corrected chi connectivity index (χ4v) is 4.20. The minimum absolute atomic E-state index is 0.142. The second-order valence-corrected chi connectivity index (χ2v) is 8.82. The zero-order valence-corrected chi connectivity index (χ0v) is 18.3. The number of aromatic nitrogens is 2. The molecule has 154 valence electrons. The number of nitrogens with zero attached hydrogens (tertiary/aromatic N) is 2. The zero-order chi connectivity index (χ0) is 20.5. The summed E-state index contributed by atoms with van der Waals surface area (Å²) in [5, 5.41) is 35.3. The number of aliphatic hydroxyl groups is 3. The predicted molar refractivity (Wildman–Crippen MR) is 114 cm³/mol. The lowest BCUT2D eigenvalue weighted by Crippen LogP contribution is -2.41. The van der Waals surface area contributed by atoms with E-state index in [4.69, 9.17) is 10.5 Å². The maximum atomic E-state index is 10.6. The van der Waals surface area contributed by atoms with Gasteiger partial charge in [0.1, 0.15) is 22.7 Å². The van der Waals surface area contributed by atoms with Crippen LogP contribution in [0.25, 0.3) is 5.70 Å². The number of nitrogens with two attached hydrogens (primary N) is 1. The van der Waals surface area contributed by atoms with E-state index >= 15 is 0 Å². The third-order valence-corrected chi connectivity index (χ3v) is 5.95. The Morgan fingerprint density at radius 3 is 2.86 bits per heavy atom. The summed E-state index contributed by atoms with van der Waals surface area (Å²) < 4.78 is 6.55. The van der Waals surface area contributed by atoms with Gasteiger partial charge >= 0.3 is 0 Å². The summed E-state index contributed by atoms with van der Waals surface area (Å²) in [4.78, 5) is 8.97. The Bertz CT molecular complexity index is 749. The molecule has 0 aliphatic carbocycles. The minimum atomic E-state index is -0.961. The van der Waals surface area contributed by atoms with Crippen LogP contribution in [-0.2, 0) is 4.74 Å². The van der Waals surface area contributed by atoms with Crippen LogP contribution in [0.2, 0.25) is 0 Å². The van der Waals surface area contributed by atoms with Gasteiger partial charge in [0.05, 0.1) is 18.4 Å². The minimum Gasteiger partial charge on any atom is -0.395 e. The molecular formula is C17H23BrN4O4S2. The first-order chi connectivity index (χ1) is 13.4. The fraction of sp³-hybridized carbons (Fsp3) is 0.412. The molecule has 2 rings (SSSR count). The third-order valence-electron chi connectivity index (χ3n) is 3.54. The standard InChI is InChI=1S/C17H23BrN4O4S2/c1-10(24)15(9-23)26-17(28-12-4-11(18)5-20-6-12)14(25)8-21-7-13(19)16-22-2-3-27-16/h2-7,10,14-15,17,21,23-25H,8-9,19H2,1H3/b13-7-. The molecule has 0 fully saturated rings. The summed E-state index contributed by atoms with van der Waals surface area (Å²) >= 11 is 6.01. The molecule has 8 nitrogen and oxygen atoms in total. The molecular weight excluding hydrogens is 468 g/mol. The molecule has 0 radical (unpaired) electrons. The van der Waals surface area contributed by atoms with Crippen LogP contribution in [0, 0.1) is 0 Å². The molecule has 4 unspecified atom stereocenters. The average molecular weight is 491 g/mol. The van der Waals surface area contributed by atoms with Crippen LogP contribution in [0.5, 0.6) is 0 Å². The largest absolute Gasteiger partial charge is 0.395 e. The van der Waals surface area contributed by atoms with Crippen LogP contribution < -0.4 is 11.1 Å². The summed E-state index contributed by atoms with van der Waals surface area (Å²) in [5.41, 5.74) is 5.63. The van der Waals surface area contributed by atoms with Crippen molar-refractivity contribution in [2.75, 3.05) is 13.2 Å². The number of hydrogen-bond donors (Lipinski definition) is 5. The number of nitrogens with one attached hydrogen (secondary N) is 1. The van der Waals surface area contributed by atoms with Crippen molar-refractivity contribution in [3.8, 4) is 0 Å². The Kier molecular flexibility index (Phi) is 9.65. The molecule has 0 aromatic carbocycles. The molecule has 4 atom stereocenters. The summed E-state index contributed by atoms with van der Waals surface area (Å²) in [5.74, 6) is 0. The second kappa shape index (κ2) is 11.7. The van der Waals surface area contributed by atoms with Gasteiger partial charge in [0.2, 0.25) is 0 Å². The van der Waals surface area contributed by atoms with E-state index in [1.54, 1.807) is 24.8 Å². The van der Waals surface area contributed by atoms with Crippen molar-refractivity contribution in [2.45, 2.75) is 35.6 Å². The van der Waals surface area contributed by atoms with Gasteiger partial charge in [-0.3, -0.25) is 4.98 Å². The maximum Gasteiger partial charge on any atom is 0.140 e. The number of halogens is 1. The van der Waals surface area contributed by atoms with Crippen molar-refractivity contribution < 1.29 is 20.1 Å². The number of pyridine rings is 1. The molecule has 2 aromatic heterocycles. The molecule has 0 bridgehead atoms. The third kappa shape index (κ3) is 7.32. The molecule has 2 aromatic rings. The molecule has 6 N–H and O–H groups in total. The molecule has 11 heteroatoms. The lowest BCUT2D eigenvalue weighted by atomic mass is 10.2. The fourth-order valence-electron chi connectivity index (χ4n) is 2.08. The molecule has 28 heavy (non-hydrogen) atoms. The molecule has 0 aliphatic rings. The quantitative estimate of drug-likeness (QED) is 0.234. The highest BCUT2D eigenvalue weighted by Gasteiger charge is 2.27. The summed E-state index contributed by atoms with van der Waals surface area (Å²) in [6.45, 7) is 1.29. The Labute approximate surface area is 180 Å². The van der Waals surface area contributed by atoms with Crippen LogP contribution in [-0.4, -0.2) is 62.2 Å². The number of hydrogen-bond acceptors (Lipinski definition) is 10. The first-order valence-electron chi connectivity index (χ1n) is 8.39. The Hall–Kier alpha value is -1.21. The molecule has 0 amide bonds. The van der Waals surface area contributed by atoms with Gasteiger partial charge in [-0.2, -0.15) is 0 Å². The van der Waals surface area contributed by atoms with Crippen molar-refractivity contribution >= 4 is 44.7 Å². The van der Waals surface area contributed by atoms with Crippen molar-refractivity contribution in [3.05, 3.63) is 45.7 Å². The monoisotopic (exact) mass is 490 g/mol. The average Bonchev–Trinajstić information content (AvgIpc) is 3.19. The molecule has 0 aliphatic heterocycles. The van der Waals surface area contributed by atoms with Gasteiger partial charge < -0.3 is 31.1 Å². The van der Waals surface area contributed by atoms with E-state index in [0.29, 0.717) is 10.7 Å². The van der Waals surface area contributed by atoms with E-state index in [9.17, 15) is 15.3 Å². The highest BCUT2D eigenvalue weighted by molar-refractivity contribution is 9.10. The first-order valence-corrected chi connectivity index (χ1v) is 10.9. The van der Waals surface area contributed by atoms with E-state index in [1.807, 2.05) is 11.4 Å². The topological polar surface area (TPSA) is 134 Å². The van der Waals surface area contributed by atoms with Gasteiger partial charge in [0, 0.05) is 46.1 Å². The van der Waals surface area contributed by atoms with Crippen LogP contribution >= 0.6 is 39.0 Å². The van der Waals surface area contributed by atoms with Crippen LogP contribution in [0.15, 0.2) is 45.6 Å². The van der Waals surface area contributed by atoms with Crippen LogP contribution in [0.3, 0.4) is 0 Å². The number of thiazole rings is 1. The second-order valence-electron chi connectivity index (χ2n) is 5.84. The van der Waals surface area contributed by atoms with Crippen molar-refractivity contribution in [2.24, 2.45) is 5.73 Å². The van der Waals surface area contributed by atoms with Gasteiger partial charge in [-0.1, -0.05) is 11.8 Å². The molecule has 0 spiro atoms. The number of aliphatic hydroxyl groups excluding tert-OH is 3. The summed E-state index contributed by atoms with van der Waals surface area (Å²) in [7, 11) is 0. The molecule has 0 saturated heterocycles. The predicted octanol–water partition coefficient (Wildman–Crippen LogP) is 1.38. The van der Waals surface area contributed by atoms with Gasteiger partial charge in [-0.05, 0) is 28.9 Å². The van der Waals surface area contributed by atoms with Crippen LogP contribution in [0.4, 0.5) is 0 Å². The van der Waals surface area contributed by atoms with E-state index in [2.05, 4.69) is 31.2 Å². The Balaban J connectivity index is 2.04. The van der Waals surface area contributed by atoms with Gasteiger partial charge in [-0.15, -0.1) is 11.3 Å². The smallest absolute Gasteiger partial charge is 0.140 e. The lowest BCUT2D eigenvalue weighted by molar-refractivity contribution is -0.0933. The maximum absolute atomic E-state index is 10.6. The molecule has 2 heterocycles. The first kappa shape index (κ1) is 23.1.